The molecular formula is C35H43NO5. The second-order valence-corrected chi connectivity index (χ2v) is 12.8. The Balaban J connectivity index is 1.45. The maximum absolute atomic E-state index is 13.4. The topological polar surface area (TPSA) is 65.1 Å². The first-order chi connectivity index (χ1) is 19.4. The van der Waals surface area contributed by atoms with E-state index in [0.717, 1.165) is 34.4 Å². The molecule has 0 unspecified atom stereocenters. The van der Waals surface area contributed by atoms with Crippen molar-refractivity contribution in [2.24, 2.45) is 11.8 Å². The highest BCUT2D eigenvalue weighted by atomic mass is 16.6. The van der Waals surface area contributed by atoms with E-state index in [1.54, 1.807) is 4.90 Å². The molecule has 0 spiro atoms. The molecule has 218 valence electrons. The van der Waals surface area contributed by atoms with Gasteiger partial charge in [-0.2, -0.15) is 0 Å². The summed E-state index contributed by atoms with van der Waals surface area (Å²) < 4.78 is 17.6. The molecule has 0 aliphatic carbocycles. The number of hydrogen-bond donors (Lipinski definition) is 0. The van der Waals surface area contributed by atoms with Crippen LogP contribution in [0.25, 0.3) is 11.1 Å². The van der Waals surface area contributed by atoms with E-state index in [9.17, 15) is 9.59 Å². The Hall–Kier alpha value is -3.80. The number of amides is 1. The first-order valence-electron chi connectivity index (χ1n) is 14.4. The molecule has 0 bridgehead atoms. The number of nitrogens with zero attached hydrogens (tertiary/aromatic N) is 1. The molecular weight excluding hydrogens is 514 g/mol. The van der Waals surface area contributed by atoms with Gasteiger partial charge in [-0.25, -0.2) is 4.79 Å². The Kier molecular flexibility index (Phi) is 9.42. The monoisotopic (exact) mass is 557 g/mol. The van der Waals surface area contributed by atoms with E-state index in [2.05, 4.69) is 24.3 Å². The zero-order valence-corrected chi connectivity index (χ0v) is 25.2. The van der Waals surface area contributed by atoms with Crippen LogP contribution < -0.4 is 4.74 Å². The van der Waals surface area contributed by atoms with Gasteiger partial charge in [0.15, 0.2) is 0 Å². The quantitative estimate of drug-likeness (QED) is 0.266. The maximum Gasteiger partial charge on any atom is 0.410 e. The summed E-state index contributed by atoms with van der Waals surface area (Å²) in [7, 11) is 0. The van der Waals surface area contributed by atoms with Crippen LogP contribution in [0.2, 0.25) is 0 Å². The van der Waals surface area contributed by atoms with Crippen molar-refractivity contribution in [1.82, 2.24) is 4.90 Å². The largest absolute Gasteiger partial charge is 0.489 e. The summed E-state index contributed by atoms with van der Waals surface area (Å²) in [6.45, 7) is 12.7. The zero-order chi connectivity index (χ0) is 29.6. The van der Waals surface area contributed by atoms with E-state index in [0.29, 0.717) is 26.1 Å². The molecule has 2 atom stereocenters. The van der Waals surface area contributed by atoms with Crippen molar-refractivity contribution in [2.45, 2.75) is 72.2 Å². The summed E-state index contributed by atoms with van der Waals surface area (Å²) in [5, 5.41) is 0. The van der Waals surface area contributed by atoms with Crippen LogP contribution in [0.15, 0.2) is 78.9 Å². The third-order valence-electron chi connectivity index (χ3n) is 6.95. The molecule has 1 heterocycles. The van der Waals surface area contributed by atoms with Crippen molar-refractivity contribution in [1.29, 1.82) is 0 Å². The second-order valence-electron chi connectivity index (χ2n) is 12.8. The van der Waals surface area contributed by atoms with E-state index < -0.39 is 11.2 Å². The number of carbonyl (C=O) groups excluding carboxylic acids is 2. The van der Waals surface area contributed by atoms with Crippen molar-refractivity contribution < 1.29 is 23.8 Å². The number of hydrogen-bond acceptors (Lipinski definition) is 5. The fraction of sp³-hybridized carbons (Fsp3) is 0.429. The molecule has 3 aromatic carbocycles. The Morgan fingerprint density at radius 1 is 0.805 bits per heavy atom. The van der Waals surface area contributed by atoms with Crippen LogP contribution >= 0.6 is 0 Å². The number of rotatable bonds is 8. The second kappa shape index (κ2) is 12.8. The first kappa shape index (κ1) is 30.2. The van der Waals surface area contributed by atoms with E-state index in [1.807, 2.05) is 96.1 Å². The van der Waals surface area contributed by atoms with Crippen LogP contribution in [0.3, 0.4) is 0 Å². The smallest absolute Gasteiger partial charge is 0.410 e. The highest BCUT2D eigenvalue weighted by molar-refractivity contribution is 5.74. The fourth-order valence-corrected chi connectivity index (χ4v) is 5.09. The highest BCUT2D eigenvalue weighted by Gasteiger charge is 2.39. The molecule has 4 rings (SSSR count). The molecule has 6 heteroatoms. The molecule has 1 aliphatic rings. The minimum absolute atomic E-state index is 0.0157. The summed E-state index contributed by atoms with van der Waals surface area (Å²) in [4.78, 5) is 27.8. The lowest BCUT2D eigenvalue weighted by atomic mass is 9.85. The number of benzene rings is 3. The van der Waals surface area contributed by atoms with Crippen molar-refractivity contribution in [3.63, 3.8) is 0 Å². The Morgan fingerprint density at radius 3 is 2.17 bits per heavy atom. The van der Waals surface area contributed by atoms with Gasteiger partial charge in [0.1, 0.15) is 23.6 Å². The van der Waals surface area contributed by atoms with Crippen molar-refractivity contribution in [3.8, 4) is 16.9 Å². The average molecular weight is 558 g/mol. The first-order valence-corrected chi connectivity index (χ1v) is 14.4. The standard InChI is InChI=1S/C35H43NO5/c1-34(2,3)40-32(37)31(29-18-19-36(23-29)33(38)41-35(4,5)6)21-25-12-10-13-26(20-25)24-39-30-17-11-16-28(22-30)27-14-8-7-9-15-27/h7-17,20,22,29,31H,18-19,21,23-24H2,1-6H3/t29-,31-/m0/s1. The van der Waals surface area contributed by atoms with Gasteiger partial charge in [0, 0.05) is 13.1 Å². The Morgan fingerprint density at radius 2 is 1.46 bits per heavy atom. The molecule has 41 heavy (non-hydrogen) atoms. The van der Waals surface area contributed by atoms with Gasteiger partial charge in [-0.05, 0) is 94.7 Å². The third-order valence-corrected chi connectivity index (χ3v) is 6.95. The van der Waals surface area contributed by atoms with Gasteiger partial charge >= 0.3 is 12.1 Å². The molecule has 1 aliphatic heterocycles. The van der Waals surface area contributed by atoms with Crippen molar-refractivity contribution in [3.05, 3.63) is 90.0 Å². The van der Waals surface area contributed by atoms with Gasteiger partial charge in [-0.1, -0.05) is 66.7 Å². The zero-order valence-electron chi connectivity index (χ0n) is 25.2. The van der Waals surface area contributed by atoms with E-state index in [-0.39, 0.29) is 23.9 Å². The van der Waals surface area contributed by atoms with Crippen LogP contribution in [0.1, 0.15) is 59.1 Å². The molecule has 0 saturated carbocycles. The SMILES string of the molecule is CC(C)(C)OC(=O)[C@@H](Cc1cccc(COc2cccc(-c3ccccc3)c2)c1)[C@H]1CCN(C(=O)OC(C)(C)C)C1. The molecule has 3 aromatic rings. The Bertz CT molecular complexity index is 1320. The summed E-state index contributed by atoms with van der Waals surface area (Å²) in [6, 6.07) is 26.5. The van der Waals surface area contributed by atoms with Gasteiger partial charge in [0.25, 0.3) is 0 Å². The minimum Gasteiger partial charge on any atom is -0.489 e. The third kappa shape index (κ3) is 9.10. The normalized spacial score (nSPS) is 16.2. The summed E-state index contributed by atoms with van der Waals surface area (Å²) in [6.07, 6.45) is 0.918. The predicted octanol–water partition coefficient (Wildman–Crippen LogP) is 7.69. The summed E-state index contributed by atoms with van der Waals surface area (Å²) >= 11 is 0. The van der Waals surface area contributed by atoms with Crippen LogP contribution in [-0.2, 0) is 27.3 Å². The van der Waals surface area contributed by atoms with Gasteiger partial charge in [0.2, 0.25) is 0 Å². The van der Waals surface area contributed by atoms with Crippen molar-refractivity contribution in [2.75, 3.05) is 13.1 Å². The molecule has 1 saturated heterocycles. The van der Waals surface area contributed by atoms with Crippen LogP contribution in [0, 0.1) is 11.8 Å². The average Bonchev–Trinajstić information content (AvgIpc) is 3.40. The van der Waals surface area contributed by atoms with Crippen LogP contribution in [0.4, 0.5) is 4.79 Å². The minimum atomic E-state index is -0.594. The molecule has 1 amide bonds. The lowest BCUT2D eigenvalue weighted by Crippen LogP contribution is -2.38. The highest BCUT2D eigenvalue weighted by Crippen LogP contribution is 2.31. The lowest BCUT2D eigenvalue weighted by molar-refractivity contribution is -0.161. The molecule has 6 nitrogen and oxygen atoms in total. The molecule has 0 radical (unpaired) electrons. The predicted molar refractivity (Wildman–Crippen MR) is 162 cm³/mol. The lowest BCUT2D eigenvalue weighted by Gasteiger charge is -2.28. The van der Waals surface area contributed by atoms with Crippen molar-refractivity contribution >= 4 is 12.1 Å². The van der Waals surface area contributed by atoms with Gasteiger partial charge in [-0.3, -0.25) is 4.79 Å². The number of likely N-dealkylation sites (tertiary alicyclic amines) is 1. The van der Waals surface area contributed by atoms with Gasteiger partial charge in [0.05, 0.1) is 5.92 Å². The maximum atomic E-state index is 13.4. The fourth-order valence-electron chi connectivity index (χ4n) is 5.09. The van der Waals surface area contributed by atoms with E-state index in [4.69, 9.17) is 14.2 Å². The molecule has 0 N–H and O–H groups in total. The van der Waals surface area contributed by atoms with Crippen LogP contribution in [0.5, 0.6) is 5.75 Å². The number of ether oxygens (including phenoxy) is 3. The summed E-state index contributed by atoms with van der Waals surface area (Å²) in [5.74, 6) is 0.183. The van der Waals surface area contributed by atoms with Crippen LogP contribution in [-0.4, -0.2) is 41.3 Å². The number of carbonyl (C=O) groups is 2. The van der Waals surface area contributed by atoms with Gasteiger partial charge in [-0.15, -0.1) is 0 Å². The molecule has 0 aromatic heterocycles. The Labute approximate surface area is 244 Å². The van der Waals surface area contributed by atoms with E-state index >= 15 is 0 Å². The number of esters is 1. The molecule has 1 fully saturated rings. The van der Waals surface area contributed by atoms with E-state index in [1.165, 1.54) is 0 Å². The van der Waals surface area contributed by atoms with Gasteiger partial charge < -0.3 is 19.1 Å². The summed E-state index contributed by atoms with van der Waals surface area (Å²) in [5.41, 5.74) is 3.15.